The van der Waals surface area contributed by atoms with E-state index in [2.05, 4.69) is 4.74 Å². The molecule has 0 aliphatic rings. The van der Waals surface area contributed by atoms with Gasteiger partial charge in [-0.2, -0.15) is 0 Å². The Morgan fingerprint density at radius 1 is 1.33 bits per heavy atom. The lowest BCUT2D eigenvalue weighted by Gasteiger charge is -2.03. The number of carboxylic acids is 2. The second kappa shape index (κ2) is 10.9. The van der Waals surface area contributed by atoms with Gasteiger partial charge in [0, 0.05) is 13.7 Å². The van der Waals surface area contributed by atoms with Crippen molar-refractivity contribution in [3.63, 3.8) is 0 Å². The fraction of sp³-hybridized carbons (Fsp3) is 0.778. The van der Waals surface area contributed by atoms with Crippen LogP contribution in [-0.2, 0) is 19.1 Å². The van der Waals surface area contributed by atoms with Crippen molar-refractivity contribution in [2.24, 2.45) is 0 Å². The summed E-state index contributed by atoms with van der Waals surface area (Å²) in [6.07, 6.45) is -0.573. The molecule has 0 aliphatic carbocycles. The van der Waals surface area contributed by atoms with Crippen LogP contribution in [0.1, 0.15) is 20.3 Å². The van der Waals surface area contributed by atoms with Gasteiger partial charge < -0.3 is 19.7 Å². The molecule has 0 aromatic heterocycles. The average molecular weight is 222 g/mol. The molecule has 0 spiro atoms. The van der Waals surface area contributed by atoms with Crippen LogP contribution in [0.15, 0.2) is 0 Å². The highest BCUT2D eigenvalue weighted by molar-refractivity contribution is 5.71. The molecule has 0 saturated heterocycles. The first-order chi connectivity index (χ1) is 6.95. The lowest BCUT2D eigenvalue weighted by molar-refractivity contribution is -0.148. The molecule has 0 amide bonds. The summed E-state index contributed by atoms with van der Waals surface area (Å²) in [6, 6.07) is 0. The van der Waals surface area contributed by atoms with E-state index in [9.17, 15) is 9.59 Å². The van der Waals surface area contributed by atoms with Gasteiger partial charge in [-0.1, -0.05) is 0 Å². The molecule has 90 valence electrons. The molecule has 0 fully saturated rings. The molecule has 0 aromatic carbocycles. The van der Waals surface area contributed by atoms with E-state index in [1.54, 1.807) is 6.92 Å². The van der Waals surface area contributed by atoms with Gasteiger partial charge >= 0.3 is 11.9 Å². The van der Waals surface area contributed by atoms with Crippen molar-refractivity contribution < 1.29 is 29.3 Å². The Morgan fingerprint density at radius 2 is 1.87 bits per heavy atom. The number of aliphatic carboxylic acids is 2. The van der Waals surface area contributed by atoms with Crippen molar-refractivity contribution in [2.75, 3.05) is 20.3 Å². The maximum absolute atomic E-state index is 9.96. The molecule has 6 nitrogen and oxygen atoms in total. The van der Waals surface area contributed by atoms with E-state index in [1.165, 1.54) is 14.0 Å². The summed E-state index contributed by atoms with van der Waals surface area (Å²) in [4.78, 5) is 19.6. The second-order valence-electron chi connectivity index (χ2n) is 2.57. The molecule has 0 rings (SSSR count). The SMILES string of the molecule is CCOC(C)C(=O)O.COCCC(=O)O. The normalized spacial score (nSPS) is 11.1. The highest BCUT2D eigenvalue weighted by atomic mass is 16.5. The molecule has 6 heteroatoms. The first-order valence-corrected chi connectivity index (χ1v) is 4.50. The smallest absolute Gasteiger partial charge is 0.332 e. The minimum absolute atomic E-state index is 0.0938. The maximum atomic E-state index is 9.96. The summed E-state index contributed by atoms with van der Waals surface area (Å²) in [7, 11) is 1.48. The van der Waals surface area contributed by atoms with Crippen molar-refractivity contribution in [2.45, 2.75) is 26.4 Å². The Kier molecular flexibility index (Phi) is 11.9. The highest BCUT2D eigenvalue weighted by Gasteiger charge is 2.07. The molecule has 0 aliphatic heterocycles. The number of carbonyl (C=O) groups is 2. The monoisotopic (exact) mass is 222 g/mol. The van der Waals surface area contributed by atoms with Crippen molar-refractivity contribution >= 4 is 11.9 Å². The molecule has 2 N–H and O–H groups in total. The number of ether oxygens (including phenoxy) is 2. The summed E-state index contributed by atoms with van der Waals surface area (Å²) in [5, 5.41) is 16.2. The molecule has 1 atom stereocenters. The maximum Gasteiger partial charge on any atom is 0.332 e. The van der Waals surface area contributed by atoms with E-state index >= 15 is 0 Å². The van der Waals surface area contributed by atoms with Crippen molar-refractivity contribution in [3.05, 3.63) is 0 Å². The van der Waals surface area contributed by atoms with Crippen LogP contribution in [0.4, 0.5) is 0 Å². The van der Waals surface area contributed by atoms with Crippen LogP contribution in [0.3, 0.4) is 0 Å². The van der Waals surface area contributed by atoms with Crippen molar-refractivity contribution in [1.29, 1.82) is 0 Å². The van der Waals surface area contributed by atoms with E-state index in [4.69, 9.17) is 14.9 Å². The minimum atomic E-state index is -0.910. The summed E-state index contributed by atoms with van der Waals surface area (Å²) < 4.78 is 9.18. The van der Waals surface area contributed by atoms with Crippen LogP contribution in [0, 0.1) is 0 Å². The highest BCUT2D eigenvalue weighted by Crippen LogP contribution is 1.87. The van der Waals surface area contributed by atoms with E-state index in [0.29, 0.717) is 13.2 Å². The molecule has 0 aromatic rings. The van der Waals surface area contributed by atoms with Crippen LogP contribution in [-0.4, -0.2) is 48.6 Å². The Morgan fingerprint density at radius 3 is 2.00 bits per heavy atom. The van der Waals surface area contributed by atoms with Crippen LogP contribution >= 0.6 is 0 Å². The first-order valence-electron chi connectivity index (χ1n) is 4.50. The molecule has 0 bridgehead atoms. The fourth-order valence-corrected chi connectivity index (χ4v) is 0.511. The Hall–Kier alpha value is -1.14. The molecule has 0 radical (unpaired) electrons. The fourth-order valence-electron chi connectivity index (χ4n) is 0.511. The predicted molar refractivity (Wildman–Crippen MR) is 52.9 cm³/mol. The third-order valence-corrected chi connectivity index (χ3v) is 1.28. The number of hydrogen-bond acceptors (Lipinski definition) is 4. The Bertz CT molecular complexity index is 179. The number of carboxylic acid groups (broad SMARTS) is 2. The van der Waals surface area contributed by atoms with E-state index in [-0.39, 0.29) is 6.42 Å². The van der Waals surface area contributed by atoms with Gasteiger partial charge in [-0.05, 0) is 13.8 Å². The van der Waals surface area contributed by atoms with Gasteiger partial charge in [-0.25, -0.2) is 4.79 Å². The molecule has 0 saturated carbocycles. The second-order valence-corrected chi connectivity index (χ2v) is 2.57. The molecule has 0 heterocycles. The number of hydrogen-bond donors (Lipinski definition) is 2. The van der Waals surface area contributed by atoms with Gasteiger partial charge in [0.25, 0.3) is 0 Å². The van der Waals surface area contributed by atoms with E-state index in [1.807, 2.05) is 0 Å². The zero-order valence-corrected chi connectivity index (χ0v) is 9.23. The van der Waals surface area contributed by atoms with Gasteiger partial charge in [0.2, 0.25) is 0 Å². The first kappa shape index (κ1) is 16.3. The van der Waals surface area contributed by atoms with Gasteiger partial charge in [0.05, 0.1) is 13.0 Å². The van der Waals surface area contributed by atoms with Gasteiger partial charge in [0.1, 0.15) is 0 Å². The topological polar surface area (TPSA) is 93.1 Å². The lowest BCUT2D eigenvalue weighted by atomic mass is 10.4. The quantitative estimate of drug-likeness (QED) is 0.683. The molecular weight excluding hydrogens is 204 g/mol. The standard InChI is InChI=1S/C5H10O3.C4H8O3/c1-3-8-4(2)5(6)7;1-7-3-2-4(5)6/h4H,3H2,1-2H3,(H,6,7);2-3H2,1H3,(H,5,6). The Balaban J connectivity index is 0. The summed E-state index contributed by atoms with van der Waals surface area (Å²) in [6.45, 7) is 4.02. The van der Waals surface area contributed by atoms with Gasteiger partial charge in [0.15, 0.2) is 6.10 Å². The summed E-state index contributed by atoms with van der Waals surface area (Å²) in [5.41, 5.74) is 0. The largest absolute Gasteiger partial charge is 0.481 e. The van der Waals surface area contributed by atoms with Crippen molar-refractivity contribution in [1.82, 2.24) is 0 Å². The van der Waals surface area contributed by atoms with Crippen LogP contribution in [0.5, 0.6) is 0 Å². The molecular formula is C9H18O6. The van der Waals surface area contributed by atoms with Crippen LogP contribution in [0.25, 0.3) is 0 Å². The molecule has 1 unspecified atom stereocenters. The Labute approximate surface area is 88.8 Å². The van der Waals surface area contributed by atoms with E-state index in [0.717, 1.165) is 0 Å². The third-order valence-electron chi connectivity index (χ3n) is 1.28. The minimum Gasteiger partial charge on any atom is -0.481 e. The number of methoxy groups -OCH3 is 1. The molecule has 15 heavy (non-hydrogen) atoms. The summed E-state index contributed by atoms with van der Waals surface area (Å²) >= 11 is 0. The van der Waals surface area contributed by atoms with Crippen molar-refractivity contribution in [3.8, 4) is 0 Å². The zero-order valence-electron chi connectivity index (χ0n) is 9.23. The van der Waals surface area contributed by atoms with Gasteiger partial charge in [-0.3, -0.25) is 4.79 Å². The lowest BCUT2D eigenvalue weighted by Crippen LogP contribution is -2.19. The number of rotatable bonds is 6. The predicted octanol–water partition coefficient (Wildman–Crippen LogP) is 0.603. The average Bonchev–Trinajstić information content (AvgIpc) is 2.16. The van der Waals surface area contributed by atoms with Crippen LogP contribution in [0.2, 0.25) is 0 Å². The van der Waals surface area contributed by atoms with Crippen LogP contribution < -0.4 is 0 Å². The summed E-state index contributed by atoms with van der Waals surface area (Å²) in [5.74, 6) is -1.73. The van der Waals surface area contributed by atoms with E-state index < -0.39 is 18.0 Å². The zero-order chi connectivity index (χ0) is 12.3. The van der Waals surface area contributed by atoms with Gasteiger partial charge in [-0.15, -0.1) is 0 Å². The third kappa shape index (κ3) is 15.6.